The van der Waals surface area contributed by atoms with Crippen LogP contribution in [0.3, 0.4) is 0 Å². The van der Waals surface area contributed by atoms with Gasteiger partial charge in [-0.1, -0.05) is 47.5 Å². The monoisotopic (exact) mass is 444 g/mol. The van der Waals surface area contributed by atoms with Gasteiger partial charge in [-0.05, 0) is 55.4 Å². The van der Waals surface area contributed by atoms with E-state index in [0.717, 1.165) is 33.8 Å². The maximum Gasteiger partial charge on any atom is 0.293 e. The van der Waals surface area contributed by atoms with E-state index in [1.54, 1.807) is 24.3 Å². The molecule has 0 N–H and O–H groups in total. The molecule has 0 unspecified atom stereocenters. The molecule has 0 saturated carbocycles. The standard InChI is InChI=1S/C22H18Cl2N2O2S/c1-13(2)25-12-15(16-5-3-4-6-19(16)25)10-20-21(27)26(22(28)29-20)11-14-7-8-17(23)18(24)9-14/h3-10,12-13H,11H2,1-2H3/b20-10+. The Hall–Kier alpha value is -2.21. The fourth-order valence-electron chi connectivity index (χ4n) is 3.37. The molecule has 148 valence electrons. The largest absolute Gasteiger partial charge is 0.344 e. The number of carbonyl (C=O) groups excluding carboxylic acids is 2. The number of fused-ring (bicyclic) bond motifs is 1. The van der Waals surface area contributed by atoms with Gasteiger partial charge in [0, 0.05) is 28.7 Å². The normalized spacial score (nSPS) is 16.0. The third-order valence-electron chi connectivity index (χ3n) is 4.81. The Labute approximate surface area is 183 Å². The van der Waals surface area contributed by atoms with Gasteiger partial charge in [-0.2, -0.15) is 0 Å². The fourth-order valence-corrected chi connectivity index (χ4v) is 4.52. The minimum Gasteiger partial charge on any atom is -0.344 e. The summed E-state index contributed by atoms with van der Waals surface area (Å²) in [5.41, 5.74) is 2.78. The molecule has 29 heavy (non-hydrogen) atoms. The quantitative estimate of drug-likeness (QED) is 0.417. The molecular formula is C22H18Cl2N2O2S. The second kappa shape index (κ2) is 7.90. The van der Waals surface area contributed by atoms with E-state index in [9.17, 15) is 9.59 Å². The van der Waals surface area contributed by atoms with Crippen molar-refractivity contribution in [3.8, 4) is 0 Å². The van der Waals surface area contributed by atoms with Crippen LogP contribution in [-0.2, 0) is 11.3 Å². The van der Waals surface area contributed by atoms with E-state index in [1.807, 2.05) is 24.4 Å². The van der Waals surface area contributed by atoms with Gasteiger partial charge in [0.15, 0.2) is 0 Å². The first-order chi connectivity index (χ1) is 13.8. The minimum absolute atomic E-state index is 0.159. The average Bonchev–Trinajstić information content (AvgIpc) is 3.18. The molecule has 2 heterocycles. The van der Waals surface area contributed by atoms with Gasteiger partial charge in [-0.15, -0.1) is 0 Å². The lowest BCUT2D eigenvalue weighted by molar-refractivity contribution is -0.123. The van der Waals surface area contributed by atoms with Crippen molar-refractivity contribution in [2.24, 2.45) is 0 Å². The molecule has 1 aliphatic heterocycles. The van der Waals surface area contributed by atoms with Gasteiger partial charge >= 0.3 is 0 Å². The van der Waals surface area contributed by atoms with Crippen molar-refractivity contribution in [1.82, 2.24) is 9.47 Å². The zero-order valence-corrected chi connectivity index (χ0v) is 18.2. The molecule has 0 aliphatic carbocycles. The number of thioether (sulfide) groups is 1. The summed E-state index contributed by atoms with van der Waals surface area (Å²) in [7, 11) is 0. The van der Waals surface area contributed by atoms with E-state index < -0.39 is 0 Å². The second-order valence-corrected chi connectivity index (χ2v) is 8.93. The van der Waals surface area contributed by atoms with Crippen LogP contribution in [0, 0.1) is 0 Å². The minimum atomic E-state index is -0.299. The van der Waals surface area contributed by atoms with E-state index in [-0.39, 0.29) is 23.7 Å². The van der Waals surface area contributed by atoms with Crippen LogP contribution in [0.5, 0.6) is 0 Å². The van der Waals surface area contributed by atoms with Crippen molar-refractivity contribution >= 4 is 63.1 Å². The van der Waals surface area contributed by atoms with E-state index in [4.69, 9.17) is 23.2 Å². The van der Waals surface area contributed by atoms with Crippen LogP contribution in [0.4, 0.5) is 4.79 Å². The number of benzene rings is 2. The molecule has 2 amide bonds. The molecular weight excluding hydrogens is 427 g/mol. The van der Waals surface area contributed by atoms with Crippen LogP contribution in [0.1, 0.15) is 31.0 Å². The van der Waals surface area contributed by atoms with Crippen LogP contribution in [0.15, 0.2) is 53.6 Å². The molecule has 3 aromatic rings. The van der Waals surface area contributed by atoms with E-state index in [2.05, 4.69) is 24.5 Å². The van der Waals surface area contributed by atoms with Crippen LogP contribution in [0.25, 0.3) is 17.0 Å². The van der Waals surface area contributed by atoms with Gasteiger partial charge < -0.3 is 4.57 Å². The molecule has 1 saturated heterocycles. The maximum atomic E-state index is 12.9. The number of nitrogens with zero attached hydrogens (tertiary/aromatic N) is 2. The third kappa shape index (κ3) is 3.82. The molecule has 4 nitrogen and oxygen atoms in total. The van der Waals surface area contributed by atoms with Gasteiger partial charge in [-0.25, -0.2) is 0 Å². The zero-order chi connectivity index (χ0) is 20.7. The molecule has 1 aliphatic rings. The highest BCUT2D eigenvalue weighted by molar-refractivity contribution is 8.18. The number of rotatable bonds is 4. The van der Waals surface area contributed by atoms with E-state index in [0.29, 0.717) is 15.0 Å². The van der Waals surface area contributed by atoms with Crippen molar-refractivity contribution in [3.63, 3.8) is 0 Å². The number of carbonyl (C=O) groups is 2. The summed E-state index contributed by atoms with van der Waals surface area (Å²) in [6.07, 6.45) is 3.84. The molecule has 0 spiro atoms. The smallest absolute Gasteiger partial charge is 0.293 e. The lowest BCUT2D eigenvalue weighted by Crippen LogP contribution is -2.27. The highest BCUT2D eigenvalue weighted by Crippen LogP contribution is 2.36. The lowest BCUT2D eigenvalue weighted by Gasteiger charge is -2.12. The van der Waals surface area contributed by atoms with Gasteiger partial charge in [0.1, 0.15) is 0 Å². The van der Waals surface area contributed by atoms with Crippen LogP contribution in [-0.4, -0.2) is 20.6 Å². The Morgan fingerprint density at radius 1 is 1.07 bits per heavy atom. The summed E-state index contributed by atoms with van der Waals surface area (Å²) < 4.78 is 2.17. The van der Waals surface area contributed by atoms with Gasteiger partial charge in [0.2, 0.25) is 0 Å². The number of aromatic nitrogens is 1. The average molecular weight is 445 g/mol. The summed E-state index contributed by atoms with van der Waals surface area (Å²) in [6.45, 7) is 4.38. The lowest BCUT2D eigenvalue weighted by atomic mass is 10.1. The number of hydrogen-bond acceptors (Lipinski definition) is 3. The summed E-state index contributed by atoms with van der Waals surface area (Å²) in [6, 6.07) is 13.4. The topological polar surface area (TPSA) is 42.3 Å². The number of amides is 2. The Balaban J connectivity index is 1.66. The third-order valence-corrected chi connectivity index (χ3v) is 6.46. The predicted octanol–water partition coefficient (Wildman–Crippen LogP) is 6.77. The number of halogens is 2. The summed E-state index contributed by atoms with van der Waals surface area (Å²) in [4.78, 5) is 27.0. The van der Waals surface area contributed by atoms with Crippen molar-refractivity contribution in [2.45, 2.75) is 26.4 Å². The highest BCUT2D eigenvalue weighted by Gasteiger charge is 2.35. The van der Waals surface area contributed by atoms with E-state index >= 15 is 0 Å². The second-order valence-electron chi connectivity index (χ2n) is 7.12. The van der Waals surface area contributed by atoms with Gasteiger partial charge in [0.25, 0.3) is 11.1 Å². The Kier molecular flexibility index (Phi) is 5.47. The van der Waals surface area contributed by atoms with Crippen LogP contribution < -0.4 is 0 Å². The predicted molar refractivity (Wildman–Crippen MR) is 120 cm³/mol. The van der Waals surface area contributed by atoms with E-state index in [1.165, 1.54) is 4.90 Å². The summed E-state index contributed by atoms with van der Waals surface area (Å²) in [5.74, 6) is -0.299. The number of imide groups is 1. The molecule has 1 aromatic heterocycles. The molecule has 4 rings (SSSR count). The van der Waals surface area contributed by atoms with Gasteiger partial charge in [-0.3, -0.25) is 14.5 Å². The summed E-state index contributed by atoms with van der Waals surface area (Å²) >= 11 is 13.0. The van der Waals surface area contributed by atoms with Crippen LogP contribution in [0.2, 0.25) is 10.0 Å². The van der Waals surface area contributed by atoms with Crippen molar-refractivity contribution in [2.75, 3.05) is 0 Å². The first-order valence-electron chi connectivity index (χ1n) is 9.14. The van der Waals surface area contributed by atoms with Crippen molar-refractivity contribution in [1.29, 1.82) is 0 Å². The Morgan fingerprint density at radius 2 is 1.83 bits per heavy atom. The first-order valence-corrected chi connectivity index (χ1v) is 10.7. The van der Waals surface area contributed by atoms with Crippen LogP contribution >= 0.6 is 35.0 Å². The fraction of sp³-hybridized carbons (Fsp3) is 0.182. The zero-order valence-electron chi connectivity index (χ0n) is 15.9. The molecule has 2 aromatic carbocycles. The maximum absolute atomic E-state index is 12.9. The number of hydrogen-bond donors (Lipinski definition) is 0. The van der Waals surface area contributed by atoms with Gasteiger partial charge in [0.05, 0.1) is 21.5 Å². The van der Waals surface area contributed by atoms with Crippen molar-refractivity contribution < 1.29 is 9.59 Å². The Morgan fingerprint density at radius 3 is 2.55 bits per heavy atom. The summed E-state index contributed by atoms with van der Waals surface area (Å²) in [5, 5.41) is 1.59. The highest BCUT2D eigenvalue weighted by atomic mass is 35.5. The Bertz CT molecular complexity index is 1170. The SMILES string of the molecule is CC(C)n1cc(/C=C2/SC(=O)N(Cc3ccc(Cl)c(Cl)c3)C2=O)c2ccccc21. The number of para-hydroxylation sites is 1. The molecule has 0 radical (unpaired) electrons. The molecule has 0 bridgehead atoms. The molecule has 0 atom stereocenters. The molecule has 7 heteroatoms. The first kappa shape index (κ1) is 20.1. The van der Waals surface area contributed by atoms with Crippen molar-refractivity contribution in [3.05, 3.63) is 74.7 Å². The molecule has 1 fully saturated rings.